The fraction of sp³-hybridized carbons (Fsp3) is 0.647. The van der Waals surface area contributed by atoms with Gasteiger partial charge in [-0.1, -0.05) is 45.0 Å². The Morgan fingerprint density at radius 2 is 2.10 bits per heavy atom. The highest BCUT2D eigenvalue weighted by Gasteiger charge is 2.32. The van der Waals surface area contributed by atoms with Crippen LogP contribution in [0.2, 0.25) is 0 Å². The molecule has 0 radical (unpaired) electrons. The molecular weight excluding hydrogens is 248 g/mol. The predicted molar refractivity (Wildman–Crippen MR) is 84.1 cm³/mol. The standard InChI is InChI=1S/C17H28N2O/c1-5-14-8-6-7-9-15(14)17-16(12-18-13(2)3)20-11-10-19(17)4/h6-9,13,16-18H,5,10-12H2,1-4H3. The molecule has 1 aliphatic rings. The first-order valence-corrected chi connectivity index (χ1v) is 7.76. The number of aryl methyl sites for hydroxylation is 1. The van der Waals surface area contributed by atoms with Gasteiger partial charge in [0.15, 0.2) is 0 Å². The maximum absolute atomic E-state index is 6.06. The lowest BCUT2D eigenvalue weighted by Gasteiger charge is -2.40. The zero-order chi connectivity index (χ0) is 14.5. The highest BCUT2D eigenvalue weighted by molar-refractivity contribution is 5.31. The maximum Gasteiger partial charge on any atom is 0.0896 e. The molecule has 1 heterocycles. The van der Waals surface area contributed by atoms with Gasteiger partial charge >= 0.3 is 0 Å². The molecule has 1 N–H and O–H groups in total. The summed E-state index contributed by atoms with van der Waals surface area (Å²) in [4.78, 5) is 2.44. The Kier molecular flexibility index (Phi) is 5.58. The van der Waals surface area contributed by atoms with Crippen LogP contribution in [0.5, 0.6) is 0 Å². The third-order valence-corrected chi connectivity index (χ3v) is 4.08. The third-order valence-electron chi connectivity index (χ3n) is 4.08. The molecular formula is C17H28N2O. The van der Waals surface area contributed by atoms with Gasteiger partial charge in [0.25, 0.3) is 0 Å². The van der Waals surface area contributed by atoms with Crippen LogP contribution in [0.25, 0.3) is 0 Å². The predicted octanol–water partition coefficient (Wildman–Crippen LogP) is 2.62. The van der Waals surface area contributed by atoms with Crippen molar-refractivity contribution in [2.75, 3.05) is 26.7 Å². The van der Waals surface area contributed by atoms with E-state index in [0.29, 0.717) is 12.1 Å². The van der Waals surface area contributed by atoms with Gasteiger partial charge in [-0.3, -0.25) is 4.90 Å². The Bertz CT molecular complexity index is 419. The van der Waals surface area contributed by atoms with Crippen LogP contribution in [-0.2, 0) is 11.2 Å². The summed E-state index contributed by atoms with van der Waals surface area (Å²) >= 11 is 0. The number of benzene rings is 1. The van der Waals surface area contributed by atoms with Crippen LogP contribution in [0.1, 0.15) is 37.9 Å². The molecule has 20 heavy (non-hydrogen) atoms. The first kappa shape index (κ1) is 15.5. The average molecular weight is 276 g/mol. The van der Waals surface area contributed by atoms with Crippen molar-refractivity contribution in [3.8, 4) is 0 Å². The first-order chi connectivity index (χ1) is 9.63. The topological polar surface area (TPSA) is 24.5 Å². The molecule has 1 saturated heterocycles. The second-order valence-corrected chi connectivity index (χ2v) is 5.95. The molecule has 3 nitrogen and oxygen atoms in total. The Balaban J connectivity index is 2.22. The Hall–Kier alpha value is -0.900. The quantitative estimate of drug-likeness (QED) is 0.895. The van der Waals surface area contributed by atoms with Crippen molar-refractivity contribution in [3.05, 3.63) is 35.4 Å². The lowest BCUT2D eigenvalue weighted by molar-refractivity contribution is -0.0622. The van der Waals surface area contributed by atoms with Gasteiger partial charge in [0.05, 0.1) is 18.8 Å². The summed E-state index contributed by atoms with van der Waals surface area (Å²) in [6.07, 6.45) is 1.30. The van der Waals surface area contributed by atoms with Crippen molar-refractivity contribution in [3.63, 3.8) is 0 Å². The van der Waals surface area contributed by atoms with Crippen molar-refractivity contribution in [1.29, 1.82) is 0 Å². The Morgan fingerprint density at radius 3 is 2.80 bits per heavy atom. The largest absolute Gasteiger partial charge is 0.374 e. The number of hydrogen-bond donors (Lipinski definition) is 1. The van der Waals surface area contributed by atoms with Crippen LogP contribution >= 0.6 is 0 Å². The van der Waals surface area contributed by atoms with Gasteiger partial charge in [0.1, 0.15) is 0 Å². The number of likely N-dealkylation sites (N-methyl/N-ethyl adjacent to an activating group) is 1. The van der Waals surface area contributed by atoms with Gasteiger partial charge in [-0.15, -0.1) is 0 Å². The average Bonchev–Trinajstić information content (AvgIpc) is 2.45. The van der Waals surface area contributed by atoms with Gasteiger partial charge in [-0.25, -0.2) is 0 Å². The Morgan fingerprint density at radius 1 is 1.35 bits per heavy atom. The van der Waals surface area contributed by atoms with Gasteiger partial charge in [-0.05, 0) is 24.6 Å². The second kappa shape index (κ2) is 7.21. The zero-order valence-corrected chi connectivity index (χ0v) is 13.2. The number of morpholine rings is 1. The molecule has 2 atom stereocenters. The number of rotatable bonds is 5. The van der Waals surface area contributed by atoms with Crippen LogP contribution in [0, 0.1) is 0 Å². The Labute approximate surface area is 123 Å². The van der Waals surface area contributed by atoms with E-state index in [0.717, 1.165) is 26.1 Å². The van der Waals surface area contributed by atoms with Crippen molar-refractivity contribution in [2.45, 2.75) is 45.4 Å². The minimum atomic E-state index is 0.226. The van der Waals surface area contributed by atoms with Gasteiger partial charge in [-0.2, -0.15) is 0 Å². The van der Waals surface area contributed by atoms with Crippen LogP contribution in [0.15, 0.2) is 24.3 Å². The van der Waals surface area contributed by atoms with E-state index in [4.69, 9.17) is 4.74 Å². The molecule has 1 fully saturated rings. The minimum absolute atomic E-state index is 0.226. The normalized spacial score (nSPS) is 24.2. The monoisotopic (exact) mass is 276 g/mol. The third kappa shape index (κ3) is 3.60. The number of hydrogen-bond acceptors (Lipinski definition) is 3. The summed E-state index contributed by atoms with van der Waals surface area (Å²) in [5.74, 6) is 0. The minimum Gasteiger partial charge on any atom is -0.374 e. The number of ether oxygens (including phenoxy) is 1. The van der Waals surface area contributed by atoms with E-state index in [1.165, 1.54) is 11.1 Å². The molecule has 2 unspecified atom stereocenters. The molecule has 0 saturated carbocycles. The molecule has 112 valence electrons. The van der Waals surface area contributed by atoms with Crippen molar-refractivity contribution >= 4 is 0 Å². The van der Waals surface area contributed by atoms with E-state index in [1.54, 1.807) is 0 Å². The molecule has 1 aromatic rings. The second-order valence-electron chi connectivity index (χ2n) is 5.95. The summed E-state index contributed by atoms with van der Waals surface area (Å²) in [5, 5.41) is 3.52. The highest BCUT2D eigenvalue weighted by atomic mass is 16.5. The SMILES string of the molecule is CCc1ccccc1C1C(CNC(C)C)OCCN1C. The van der Waals surface area contributed by atoms with E-state index in [1.807, 2.05) is 0 Å². The molecule has 0 bridgehead atoms. The van der Waals surface area contributed by atoms with Crippen LogP contribution in [-0.4, -0.2) is 43.8 Å². The molecule has 0 amide bonds. The highest BCUT2D eigenvalue weighted by Crippen LogP contribution is 2.30. The van der Waals surface area contributed by atoms with Crippen LogP contribution in [0.4, 0.5) is 0 Å². The molecule has 1 aromatic carbocycles. The summed E-state index contributed by atoms with van der Waals surface area (Å²) in [5.41, 5.74) is 2.86. The fourth-order valence-corrected chi connectivity index (χ4v) is 2.97. The summed E-state index contributed by atoms with van der Waals surface area (Å²) in [6.45, 7) is 9.32. The number of nitrogens with one attached hydrogen (secondary N) is 1. The van der Waals surface area contributed by atoms with Crippen LogP contribution < -0.4 is 5.32 Å². The smallest absolute Gasteiger partial charge is 0.0896 e. The first-order valence-electron chi connectivity index (χ1n) is 7.76. The zero-order valence-electron chi connectivity index (χ0n) is 13.2. The fourth-order valence-electron chi connectivity index (χ4n) is 2.97. The molecule has 1 aliphatic heterocycles. The summed E-state index contributed by atoms with van der Waals surface area (Å²) in [7, 11) is 2.21. The van der Waals surface area contributed by atoms with Gasteiger partial charge in [0, 0.05) is 19.1 Å². The van der Waals surface area contributed by atoms with Crippen LogP contribution in [0.3, 0.4) is 0 Å². The summed E-state index contributed by atoms with van der Waals surface area (Å²) in [6, 6.07) is 9.62. The molecule has 0 aliphatic carbocycles. The van der Waals surface area contributed by atoms with Gasteiger partial charge in [0.2, 0.25) is 0 Å². The van der Waals surface area contributed by atoms with Crippen molar-refractivity contribution in [2.24, 2.45) is 0 Å². The molecule has 2 rings (SSSR count). The van der Waals surface area contributed by atoms with Crippen molar-refractivity contribution in [1.82, 2.24) is 10.2 Å². The molecule has 3 heteroatoms. The van der Waals surface area contributed by atoms with E-state index in [2.05, 4.69) is 62.3 Å². The van der Waals surface area contributed by atoms with E-state index >= 15 is 0 Å². The summed E-state index contributed by atoms with van der Waals surface area (Å²) < 4.78 is 6.06. The van der Waals surface area contributed by atoms with Gasteiger partial charge < -0.3 is 10.1 Å². The van der Waals surface area contributed by atoms with E-state index in [-0.39, 0.29) is 6.10 Å². The molecule has 0 aromatic heterocycles. The maximum atomic E-state index is 6.06. The molecule has 0 spiro atoms. The lowest BCUT2D eigenvalue weighted by atomic mass is 9.92. The number of nitrogens with zero attached hydrogens (tertiary/aromatic N) is 1. The lowest BCUT2D eigenvalue weighted by Crippen LogP contribution is -2.48. The van der Waals surface area contributed by atoms with E-state index < -0.39 is 0 Å². The van der Waals surface area contributed by atoms with E-state index in [9.17, 15) is 0 Å². The van der Waals surface area contributed by atoms with Crippen molar-refractivity contribution < 1.29 is 4.74 Å².